The third-order valence-corrected chi connectivity index (χ3v) is 14.4. The highest BCUT2D eigenvalue weighted by atomic mass is 16.6. The molecule has 0 amide bonds. The highest BCUT2D eigenvalue weighted by molar-refractivity contribution is 5.70. The van der Waals surface area contributed by atoms with Crippen LogP contribution in [0.25, 0.3) is 0 Å². The minimum absolute atomic E-state index is 0.0787. The van der Waals surface area contributed by atoms with Gasteiger partial charge in [0.1, 0.15) is 6.61 Å². The lowest BCUT2D eigenvalue weighted by molar-refractivity contribution is -0.161. The average Bonchev–Trinajstić information content (AvgIpc) is 3.54. The molecule has 0 rings (SSSR count). The molecule has 86 heavy (non-hydrogen) atoms. The lowest BCUT2D eigenvalue weighted by atomic mass is 10.0. The summed E-state index contributed by atoms with van der Waals surface area (Å²) in [6.45, 7) is 3.91. The molecule has 5 nitrogen and oxygen atoms in total. The predicted octanol–water partition coefficient (Wildman–Crippen LogP) is 24.8. The molecule has 0 aromatic heterocycles. The third kappa shape index (κ3) is 71.2. The van der Waals surface area contributed by atoms with E-state index in [1.807, 2.05) is 0 Å². The van der Waals surface area contributed by atoms with Crippen molar-refractivity contribution in [3.63, 3.8) is 0 Å². The standard InChI is InChI=1S/C81H128O5/c1-3-5-7-9-11-13-15-17-19-21-23-25-27-29-31-33-35-36-37-38-39-40-41-42-43-44-46-48-50-52-54-56-58-60-62-64-66-68-70-72-74-76-81(84)86-79(77-82)78-85-80(83)75-73-71-69-67-65-63-61-59-57-55-53-51-49-47-45-34-32-30-28-26-24-22-20-18-16-14-12-10-8-6-4-2/h5-8,11-14,17-20,23-26,29-32,35-36,38-39,41-42,44-47,50,52,79,82H,3-4,9-10,15-16,21-22,27-28,33-34,37,40,43,48-49,51,53-78H2,1-2H3/b7-5-,8-6-,13-11-,14-12-,19-17-,20-18-,25-23-,26-24-,31-29-,32-30-,36-35-,39-38-,42-41-,46-44-,47-45-,52-50-. The minimum atomic E-state index is -0.790. The topological polar surface area (TPSA) is 72.8 Å². The zero-order valence-electron chi connectivity index (χ0n) is 55.2. The molecular weight excluding hydrogens is 1050 g/mol. The SMILES string of the molecule is CC/C=C\C/C=C\C/C=C\C/C=C\C/C=C\C/C=C\C/C=C\C/C=C\C/C=C\C/C=C\CCCCCCCCCCCCC(=O)OC(CO)COC(=O)CCCCCCCCCCCCCC/C=C\C/C=C\C/C=C\C/C=C\C/C=C\C/C=C\CC. The lowest BCUT2D eigenvalue weighted by Crippen LogP contribution is -2.28. The van der Waals surface area contributed by atoms with E-state index >= 15 is 0 Å². The summed E-state index contributed by atoms with van der Waals surface area (Å²) in [5.74, 6) is -0.605. The Kier molecular flexibility index (Phi) is 69.5. The van der Waals surface area contributed by atoms with Crippen molar-refractivity contribution in [1.29, 1.82) is 0 Å². The van der Waals surface area contributed by atoms with Crippen molar-refractivity contribution < 1.29 is 24.2 Å². The van der Waals surface area contributed by atoms with Crippen molar-refractivity contribution >= 4 is 11.9 Å². The van der Waals surface area contributed by atoms with Crippen LogP contribution in [0.2, 0.25) is 0 Å². The van der Waals surface area contributed by atoms with Crippen LogP contribution < -0.4 is 0 Å². The van der Waals surface area contributed by atoms with Crippen molar-refractivity contribution in [1.82, 2.24) is 0 Å². The number of rotatable bonds is 62. The van der Waals surface area contributed by atoms with Crippen LogP contribution in [0.15, 0.2) is 194 Å². The normalized spacial score (nSPS) is 13.5. The van der Waals surface area contributed by atoms with Gasteiger partial charge in [0.25, 0.3) is 0 Å². The Hall–Kier alpha value is -5.26. The number of carbonyl (C=O) groups excluding carboxylic acids is 2. The van der Waals surface area contributed by atoms with Crippen LogP contribution in [-0.4, -0.2) is 36.4 Å². The van der Waals surface area contributed by atoms with E-state index in [0.717, 1.165) is 141 Å². The number of ether oxygens (including phenoxy) is 2. The summed E-state index contributed by atoms with van der Waals surface area (Å²) in [6.07, 6.45) is 117. The molecule has 0 spiro atoms. The van der Waals surface area contributed by atoms with Crippen LogP contribution in [-0.2, 0) is 19.1 Å². The Bertz CT molecular complexity index is 1970. The van der Waals surface area contributed by atoms with E-state index in [4.69, 9.17) is 9.47 Å². The molecule has 0 saturated carbocycles. The number of esters is 2. The maximum absolute atomic E-state index is 12.4. The fraction of sp³-hybridized carbons (Fsp3) is 0.580. The molecule has 482 valence electrons. The summed E-state index contributed by atoms with van der Waals surface area (Å²) in [4.78, 5) is 24.7. The molecule has 0 saturated heterocycles. The Morgan fingerprint density at radius 2 is 0.465 bits per heavy atom. The van der Waals surface area contributed by atoms with E-state index in [1.165, 1.54) is 116 Å². The van der Waals surface area contributed by atoms with Crippen molar-refractivity contribution in [3.8, 4) is 0 Å². The smallest absolute Gasteiger partial charge is 0.306 e. The zero-order chi connectivity index (χ0) is 61.9. The van der Waals surface area contributed by atoms with Crippen LogP contribution in [0.4, 0.5) is 0 Å². The van der Waals surface area contributed by atoms with Crippen molar-refractivity contribution in [2.75, 3.05) is 13.2 Å². The van der Waals surface area contributed by atoms with Gasteiger partial charge in [0.15, 0.2) is 6.10 Å². The van der Waals surface area contributed by atoms with Gasteiger partial charge in [0, 0.05) is 12.8 Å². The van der Waals surface area contributed by atoms with Gasteiger partial charge >= 0.3 is 11.9 Å². The monoisotopic (exact) mass is 1180 g/mol. The van der Waals surface area contributed by atoms with E-state index in [1.54, 1.807) is 0 Å². The van der Waals surface area contributed by atoms with Crippen molar-refractivity contribution in [2.45, 2.75) is 290 Å². The lowest BCUT2D eigenvalue weighted by Gasteiger charge is -2.15. The molecule has 0 aromatic rings. The Balaban J connectivity index is 3.58. The fourth-order valence-corrected chi connectivity index (χ4v) is 9.24. The number of aliphatic hydroxyl groups is 1. The molecule has 1 unspecified atom stereocenters. The van der Waals surface area contributed by atoms with Gasteiger partial charge in [-0.05, 0) is 141 Å². The van der Waals surface area contributed by atoms with Gasteiger partial charge in [-0.2, -0.15) is 0 Å². The molecule has 0 bridgehead atoms. The van der Waals surface area contributed by atoms with Gasteiger partial charge in [-0.15, -0.1) is 0 Å². The van der Waals surface area contributed by atoms with E-state index in [-0.39, 0.29) is 25.2 Å². The zero-order valence-corrected chi connectivity index (χ0v) is 55.2. The second-order valence-electron chi connectivity index (χ2n) is 22.5. The fourth-order valence-electron chi connectivity index (χ4n) is 9.24. The Morgan fingerprint density at radius 1 is 0.267 bits per heavy atom. The van der Waals surface area contributed by atoms with Gasteiger partial charge in [0.2, 0.25) is 0 Å². The van der Waals surface area contributed by atoms with E-state index < -0.39 is 6.10 Å². The maximum atomic E-state index is 12.4. The average molecular weight is 1180 g/mol. The summed E-state index contributed by atoms with van der Waals surface area (Å²) in [7, 11) is 0. The second-order valence-corrected chi connectivity index (χ2v) is 22.5. The molecule has 0 aliphatic heterocycles. The van der Waals surface area contributed by atoms with Crippen LogP contribution >= 0.6 is 0 Å². The molecule has 0 heterocycles. The largest absolute Gasteiger partial charge is 0.462 e. The van der Waals surface area contributed by atoms with Crippen molar-refractivity contribution in [3.05, 3.63) is 194 Å². The summed E-state index contributed by atoms with van der Waals surface area (Å²) in [5.41, 5.74) is 0. The molecule has 0 radical (unpaired) electrons. The van der Waals surface area contributed by atoms with Gasteiger partial charge in [-0.3, -0.25) is 9.59 Å². The highest BCUT2D eigenvalue weighted by Crippen LogP contribution is 2.16. The molecule has 1 N–H and O–H groups in total. The summed E-state index contributed by atoms with van der Waals surface area (Å²) in [6, 6.07) is 0. The number of carbonyl (C=O) groups is 2. The second kappa shape index (κ2) is 74.0. The molecule has 1 atom stereocenters. The molecule has 0 aliphatic carbocycles. The quantitative estimate of drug-likeness (QED) is 0.0373. The van der Waals surface area contributed by atoms with Crippen molar-refractivity contribution in [2.24, 2.45) is 0 Å². The molecular formula is C81H128O5. The predicted molar refractivity (Wildman–Crippen MR) is 379 cm³/mol. The minimum Gasteiger partial charge on any atom is -0.462 e. The molecule has 5 heteroatoms. The van der Waals surface area contributed by atoms with Gasteiger partial charge in [0.05, 0.1) is 6.61 Å². The van der Waals surface area contributed by atoms with E-state index in [2.05, 4.69) is 208 Å². The first-order valence-electron chi connectivity index (χ1n) is 35.0. The first kappa shape index (κ1) is 80.7. The number of hydrogen-bond acceptors (Lipinski definition) is 5. The molecule has 0 aromatic carbocycles. The van der Waals surface area contributed by atoms with Crippen LogP contribution in [0.1, 0.15) is 284 Å². The van der Waals surface area contributed by atoms with Crippen LogP contribution in [0.3, 0.4) is 0 Å². The first-order valence-corrected chi connectivity index (χ1v) is 35.0. The van der Waals surface area contributed by atoms with Gasteiger partial charge in [-0.25, -0.2) is 0 Å². The number of hydrogen-bond donors (Lipinski definition) is 1. The van der Waals surface area contributed by atoms with E-state index in [0.29, 0.717) is 12.8 Å². The first-order chi connectivity index (χ1) is 42.6. The maximum Gasteiger partial charge on any atom is 0.306 e. The Labute approximate surface area is 530 Å². The number of allylic oxidation sites excluding steroid dienone is 32. The van der Waals surface area contributed by atoms with E-state index in [9.17, 15) is 14.7 Å². The molecule has 0 aliphatic rings. The summed E-state index contributed by atoms with van der Waals surface area (Å²) < 4.78 is 10.7. The van der Waals surface area contributed by atoms with Gasteiger partial charge in [-0.1, -0.05) is 324 Å². The summed E-state index contributed by atoms with van der Waals surface area (Å²) >= 11 is 0. The number of aliphatic hydroxyl groups excluding tert-OH is 1. The van der Waals surface area contributed by atoms with Crippen LogP contribution in [0, 0.1) is 0 Å². The van der Waals surface area contributed by atoms with Gasteiger partial charge < -0.3 is 14.6 Å². The third-order valence-electron chi connectivity index (χ3n) is 14.4. The highest BCUT2D eigenvalue weighted by Gasteiger charge is 2.16. The van der Waals surface area contributed by atoms with Crippen LogP contribution in [0.5, 0.6) is 0 Å². The molecule has 0 fully saturated rings. The summed E-state index contributed by atoms with van der Waals surface area (Å²) in [5, 5.41) is 9.71. The Morgan fingerprint density at radius 3 is 0.698 bits per heavy atom. The number of unbranched alkanes of at least 4 members (excludes halogenated alkanes) is 22.